The van der Waals surface area contributed by atoms with Crippen LogP contribution in [0.4, 0.5) is 5.69 Å². The maximum absolute atomic E-state index is 13.2. The van der Waals surface area contributed by atoms with Crippen LogP contribution in [-0.2, 0) is 16.1 Å². The third-order valence-electron chi connectivity index (χ3n) is 5.89. The maximum atomic E-state index is 13.2. The van der Waals surface area contributed by atoms with E-state index in [2.05, 4.69) is 9.97 Å². The molecule has 0 saturated carbocycles. The average molecular weight is 454 g/mol. The maximum Gasteiger partial charge on any atom is 0.295 e. The lowest BCUT2D eigenvalue weighted by Crippen LogP contribution is -2.29. The molecule has 1 amide bonds. The number of benzene rings is 2. The van der Waals surface area contributed by atoms with E-state index in [1.54, 1.807) is 30.7 Å². The lowest BCUT2D eigenvalue weighted by molar-refractivity contribution is -0.384. The molecule has 1 aliphatic rings. The number of nitrogens with one attached hydrogen (secondary N) is 1. The number of nitrogens with zero attached hydrogens (tertiary/aromatic N) is 3. The van der Waals surface area contributed by atoms with Gasteiger partial charge in [0.05, 0.1) is 16.5 Å². The molecule has 1 aliphatic heterocycles. The first-order valence-corrected chi connectivity index (χ1v) is 10.4. The highest BCUT2D eigenvalue weighted by Crippen LogP contribution is 2.42. The van der Waals surface area contributed by atoms with Crippen LogP contribution in [0.25, 0.3) is 16.7 Å². The fraction of sp³-hybridized carbons (Fsp3) is 0.0800. The van der Waals surface area contributed by atoms with Crippen molar-refractivity contribution >= 4 is 34.0 Å². The van der Waals surface area contributed by atoms with Gasteiger partial charge in [0.15, 0.2) is 0 Å². The summed E-state index contributed by atoms with van der Waals surface area (Å²) in [6.45, 7) is 0.114. The van der Waals surface area contributed by atoms with Crippen LogP contribution in [0.2, 0.25) is 0 Å². The summed E-state index contributed by atoms with van der Waals surface area (Å²) in [5, 5.41) is 23.2. The molecule has 5 rings (SSSR count). The number of aliphatic hydroxyl groups excluding tert-OH is 1. The Morgan fingerprint density at radius 1 is 1.09 bits per heavy atom. The summed E-state index contributed by atoms with van der Waals surface area (Å²) in [7, 11) is 0. The first-order valence-electron chi connectivity index (χ1n) is 10.4. The third kappa shape index (κ3) is 3.49. The van der Waals surface area contributed by atoms with E-state index in [0.717, 1.165) is 16.5 Å². The number of hydrogen-bond acceptors (Lipinski definition) is 6. The molecule has 9 nitrogen and oxygen atoms in total. The van der Waals surface area contributed by atoms with Crippen molar-refractivity contribution in [1.82, 2.24) is 14.9 Å². The van der Waals surface area contributed by atoms with E-state index in [1.807, 2.05) is 24.3 Å². The van der Waals surface area contributed by atoms with Crippen molar-refractivity contribution in [3.63, 3.8) is 0 Å². The second-order valence-electron chi connectivity index (χ2n) is 7.88. The molecule has 2 aromatic carbocycles. The fourth-order valence-corrected chi connectivity index (χ4v) is 4.29. The number of aromatic amines is 1. The van der Waals surface area contributed by atoms with Gasteiger partial charge in [-0.15, -0.1) is 0 Å². The normalized spacial score (nSPS) is 17.4. The molecule has 9 heteroatoms. The topological polar surface area (TPSA) is 129 Å². The molecule has 1 atom stereocenters. The molecule has 2 N–H and O–H groups in total. The SMILES string of the molecule is O=C1C(=O)N(Cc2ccncc2)C(c2c[nH]c3ccccc23)/C1=C(\O)c1cccc([N+](=O)[O-])c1. The lowest BCUT2D eigenvalue weighted by Gasteiger charge is -2.25. The molecule has 34 heavy (non-hydrogen) atoms. The molecular weight excluding hydrogens is 436 g/mol. The van der Waals surface area contributed by atoms with Crippen LogP contribution in [-0.4, -0.2) is 36.6 Å². The molecule has 4 aromatic rings. The van der Waals surface area contributed by atoms with E-state index in [1.165, 1.54) is 29.2 Å². The zero-order chi connectivity index (χ0) is 23.8. The highest BCUT2D eigenvalue weighted by molar-refractivity contribution is 6.46. The van der Waals surface area contributed by atoms with Gasteiger partial charge in [-0.25, -0.2) is 0 Å². The minimum absolute atomic E-state index is 0.0842. The number of carbonyl (C=O) groups excluding carboxylic acids is 2. The summed E-state index contributed by atoms with van der Waals surface area (Å²) in [6, 6.07) is 15.4. The molecule has 1 unspecified atom stereocenters. The largest absolute Gasteiger partial charge is 0.507 e. The van der Waals surface area contributed by atoms with E-state index in [0.29, 0.717) is 5.56 Å². The summed E-state index contributed by atoms with van der Waals surface area (Å²) in [4.78, 5) is 45.6. The van der Waals surface area contributed by atoms with Crippen molar-refractivity contribution in [2.45, 2.75) is 12.6 Å². The van der Waals surface area contributed by atoms with E-state index >= 15 is 0 Å². The van der Waals surface area contributed by atoms with Crippen LogP contribution in [0.5, 0.6) is 0 Å². The number of ketones is 1. The summed E-state index contributed by atoms with van der Waals surface area (Å²) < 4.78 is 0. The highest BCUT2D eigenvalue weighted by atomic mass is 16.6. The van der Waals surface area contributed by atoms with Crippen molar-refractivity contribution in [3.8, 4) is 0 Å². The number of carbonyl (C=O) groups is 2. The van der Waals surface area contributed by atoms with Gasteiger partial charge in [0.1, 0.15) is 5.76 Å². The van der Waals surface area contributed by atoms with Crippen LogP contribution in [0, 0.1) is 10.1 Å². The lowest BCUT2D eigenvalue weighted by atomic mass is 9.94. The minimum atomic E-state index is -0.899. The number of likely N-dealkylation sites (tertiary alicyclic amines) is 1. The van der Waals surface area contributed by atoms with Crippen molar-refractivity contribution in [2.24, 2.45) is 0 Å². The number of pyridine rings is 1. The molecule has 0 bridgehead atoms. The van der Waals surface area contributed by atoms with E-state index in [-0.39, 0.29) is 23.4 Å². The van der Waals surface area contributed by atoms with Gasteiger partial charge in [0, 0.05) is 59.3 Å². The average Bonchev–Trinajstić information content (AvgIpc) is 3.38. The Balaban J connectivity index is 1.71. The number of rotatable bonds is 5. The summed E-state index contributed by atoms with van der Waals surface area (Å²) in [6.07, 6.45) is 4.90. The molecule has 0 spiro atoms. The van der Waals surface area contributed by atoms with Gasteiger partial charge in [-0.1, -0.05) is 30.3 Å². The number of para-hydroxylation sites is 1. The monoisotopic (exact) mass is 454 g/mol. The molecule has 2 aromatic heterocycles. The van der Waals surface area contributed by atoms with Gasteiger partial charge in [-0.3, -0.25) is 24.7 Å². The molecule has 3 heterocycles. The van der Waals surface area contributed by atoms with Gasteiger partial charge < -0.3 is 15.0 Å². The number of aromatic nitrogens is 2. The minimum Gasteiger partial charge on any atom is -0.507 e. The quantitative estimate of drug-likeness (QED) is 0.154. The van der Waals surface area contributed by atoms with Crippen molar-refractivity contribution in [3.05, 3.63) is 112 Å². The number of amides is 1. The first kappa shape index (κ1) is 21.1. The van der Waals surface area contributed by atoms with Crippen LogP contribution < -0.4 is 0 Å². The van der Waals surface area contributed by atoms with Gasteiger partial charge in [-0.2, -0.15) is 0 Å². The summed E-state index contributed by atoms with van der Waals surface area (Å²) in [5.74, 6) is -2.08. The van der Waals surface area contributed by atoms with Gasteiger partial charge in [-0.05, 0) is 23.8 Å². The Hall–Kier alpha value is -4.79. The summed E-state index contributed by atoms with van der Waals surface area (Å²) in [5.41, 5.74) is 1.93. The fourth-order valence-electron chi connectivity index (χ4n) is 4.29. The molecular formula is C25H18N4O5. The van der Waals surface area contributed by atoms with Gasteiger partial charge in [0.25, 0.3) is 17.4 Å². The van der Waals surface area contributed by atoms with Crippen molar-refractivity contribution < 1.29 is 19.6 Å². The van der Waals surface area contributed by atoms with Crippen LogP contribution in [0.1, 0.15) is 22.7 Å². The Morgan fingerprint density at radius 2 is 1.85 bits per heavy atom. The third-order valence-corrected chi connectivity index (χ3v) is 5.89. The predicted octanol–water partition coefficient (Wildman–Crippen LogP) is 4.09. The Morgan fingerprint density at radius 3 is 2.62 bits per heavy atom. The van der Waals surface area contributed by atoms with Crippen LogP contribution in [0.3, 0.4) is 0 Å². The molecule has 1 fully saturated rings. The van der Waals surface area contributed by atoms with Crippen LogP contribution >= 0.6 is 0 Å². The number of hydrogen-bond donors (Lipinski definition) is 2. The zero-order valence-corrected chi connectivity index (χ0v) is 17.7. The summed E-state index contributed by atoms with van der Waals surface area (Å²) >= 11 is 0. The van der Waals surface area contributed by atoms with Gasteiger partial charge in [0.2, 0.25) is 0 Å². The molecule has 1 saturated heterocycles. The smallest absolute Gasteiger partial charge is 0.295 e. The second kappa shape index (κ2) is 8.28. The molecule has 0 radical (unpaired) electrons. The Labute approximate surface area is 193 Å². The first-order chi connectivity index (χ1) is 16.5. The van der Waals surface area contributed by atoms with E-state index < -0.39 is 28.4 Å². The zero-order valence-electron chi connectivity index (χ0n) is 17.7. The predicted molar refractivity (Wildman–Crippen MR) is 123 cm³/mol. The van der Waals surface area contributed by atoms with Crippen molar-refractivity contribution in [1.29, 1.82) is 0 Å². The van der Waals surface area contributed by atoms with Gasteiger partial charge >= 0.3 is 0 Å². The van der Waals surface area contributed by atoms with E-state index in [4.69, 9.17) is 0 Å². The molecule has 0 aliphatic carbocycles. The number of fused-ring (bicyclic) bond motifs is 1. The second-order valence-corrected chi connectivity index (χ2v) is 7.88. The number of Topliss-reactive ketones (excluding diaryl/α,β-unsaturated/α-hetero) is 1. The number of non-ortho nitro benzene ring substituents is 1. The van der Waals surface area contributed by atoms with E-state index in [9.17, 15) is 24.8 Å². The number of nitro groups is 1. The van der Waals surface area contributed by atoms with Crippen molar-refractivity contribution in [2.75, 3.05) is 0 Å². The standard InChI is InChI=1S/C25H18N4O5/c30-23(16-4-3-5-17(12-16)29(33)34)21-22(19-13-27-20-7-2-1-6-18(19)20)28(25(32)24(21)31)14-15-8-10-26-11-9-15/h1-13,22,27,30H,14H2/b23-21+. The Bertz CT molecular complexity index is 1470. The van der Waals surface area contributed by atoms with Crippen LogP contribution in [0.15, 0.2) is 84.8 Å². The number of nitro benzene ring substituents is 1. The number of H-pyrrole nitrogens is 1. The molecule has 168 valence electrons. The highest BCUT2D eigenvalue weighted by Gasteiger charge is 2.46. The Kier molecular flexibility index (Phi) is 5.14. The number of aliphatic hydroxyl groups is 1.